The quantitative estimate of drug-likeness (QED) is 0.718. The Bertz CT molecular complexity index is 904. The number of carboxylic acid groups (broad SMARTS) is 1. The van der Waals surface area contributed by atoms with Gasteiger partial charge in [0.05, 0.1) is 11.9 Å². The van der Waals surface area contributed by atoms with Gasteiger partial charge in [0.2, 0.25) is 0 Å². The highest BCUT2D eigenvalue weighted by Crippen LogP contribution is 2.31. The summed E-state index contributed by atoms with van der Waals surface area (Å²) in [6.07, 6.45) is 0.0105. The maximum Gasteiger partial charge on any atom is 0.304 e. The smallest absolute Gasteiger partial charge is 0.304 e. The van der Waals surface area contributed by atoms with Crippen LogP contribution in [-0.4, -0.2) is 26.1 Å². The van der Waals surface area contributed by atoms with Crippen molar-refractivity contribution in [2.24, 2.45) is 7.05 Å². The van der Waals surface area contributed by atoms with Crippen LogP contribution in [0.15, 0.2) is 36.4 Å². The third kappa shape index (κ3) is 3.12. The molecular weight excluding hydrogens is 326 g/mol. The lowest BCUT2D eigenvalue weighted by Crippen LogP contribution is -2.09. The molecular formula is C18H18ClN3O2. The van der Waals surface area contributed by atoms with Crippen molar-refractivity contribution >= 4 is 28.6 Å². The second kappa shape index (κ2) is 6.61. The maximum atomic E-state index is 11.4. The van der Waals surface area contributed by atoms with Crippen molar-refractivity contribution < 1.29 is 9.90 Å². The van der Waals surface area contributed by atoms with Gasteiger partial charge in [0.1, 0.15) is 5.52 Å². The largest absolute Gasteiger partial charge is 0.481 e. The molecule has 0 radical (unpaired) electrons. The van der Waals surface area contributed by atoms with Crippen molar-refractivity contribution in [3.63, 3.8) is 0 Å². The Hall–Kier alpha value is -2.40. The van der Waals surface area contributed by atoms with E-state index in [0.29, 0.717) is 5.88 Å². The van der Waals surface area contributed by atoms with Crippen molar-refractivity contribution in [3.8, 4) is 0 Å². The predicted molar refractivity (Wildman–Crippen MR) is 93.3 cm³/mol. The number of carboxylic acids is 1. The van der Waals surface area contributed by atoms with Crippen molar-refractivity contribution in [2.75, 3.05) is 0 Å². The van der Waals surface area contributed by atoms with E-state index >= 15 is 0 Å². The molecule has 2 aromatic carbocycles. The van der Waals surface area contributed by atoms with E-state index in [2.05, 4.69) is 10.3 Å². The van der Waals surface area contributed by atoms with Crippen LogP contribution in [0.2, 0.25) is 0 Å². The number of carbonyl (C=O) groups is 1. The summed E-state index contributed by atoms with van der Waals surface area (Å²) in [7, 11) is 1.83. The fourth-order valence-corrected chi connectivity index (χ4v) is 3.22. The van der Waals surface area contributed by atoms with Gasteiger partial charge in [-0.1, -0.05) is 29.5 Å². The second-order valence-corrected chi connectivity index (χ2v) is 6.20. The molecule has 3 rings (SSSR count). The molecule has 1 N–H and O–H groups in total. The molecule has 1 heterocycles. The second-order valence-electron chi connectivity index (χ2n) is 5.93. The molecule has 0 amide bonds. The van der Waals surface area contributed by atoms with E-state index in [1.807, 2.05) is 50.4 Å². The van der Waals surface area contributed by atoms with Crippen molar-refractivity contribution in [3.05, 3.63) is 58.7 Å². The van der Waals surface area contributed by atoms with Gasteiger partial charge in [-0.2, -0.15) is 0 Å². The SMILES string of the molecule is Cc1ccc(C(CC(=O)O)c2ccc3c(c2)nnn3C)cc1CCl. The predicted octanol–water partition coefficient (Wildman–Crippen LogP) is 3.62. The number of hydrogen-bond donors (Lipinski definition) is 1. The molecule has 1 aromatic heterocycles. The zero-order valence-corrected chi connectivity index (χ0v) is 14.3. The summed E-state index contributed by atoms with van der Waals surface area (Å²) in [5.74, 6) is -0.688. The summed E-state index contributed by atoms with van der Waals surface area (Å²) in [5.41, 5.74) is 5.65. The Morgan fingerprint density at radius 1 is 1.25 bits per heavy atom. The summed E-state index contributed by atoms with van der Waals surface area (Å²) < 4.78 is 1.70. The number of hydrogen-bond acceptors (Lipinski definition) is 3. The molecule has 3 aromatic rings. The molecule has 0 saturated heterocycles. The van der Waals surface area contributed by atoms with Crippen molar-refractivity contribution in [1.82, 2.24) is 15.0 Å². The van der Waals surface area contributed by atoms with Crippen LogP contribution < -0.4 is 0 Å². The zero-order chi connectivity index (χ0) is 17.3. The molecule has 0 spiro atoms. The lowest BCUT2D eigenvalue weighted by Gasteiger charge is -2.18. The van der Waals surface area contributed by atoms with E-state index in [-0.39, 0.29) is 12.3 Å². The van der Waals surface area contributed by atoms with Crippen LogP contribution in [-0.2, 0) is 17.7 Å². The molecule has 6 heteroatoms. The Balaban J connectivity index is 2.09. The van der Waals surface area contributed by atoms with Crippen LogP contribution >= 0.6 is 11.6 Å². The van der Waals surface area contributed by atoms with E-state index in [4.69, 9.17) is 11.6 Å². The van der Waals surface area contributed by atoms with Gasteiger partial charge in [-0.25, -0.2) is 4.68 Å². The average molecular weight is 344 g/mol. The summed E-state index contributed by atoms with van der Waals surface area (Å²) in [4.78, 5) is 11.4. The minimum Gasteiger partial charge on any atom is -0.481 e. The molecule has 0 aliphatic rings. The van der Waals surface area contributed by atoms with E-state index in [1.54, 1.807) is 4.68 Å². The molecule has 0 aliphatic heterocycles. The van der Waals surface area contributed by atoms with Crippen molar-refractivity contribution in [2.45, 2.75) is 25.1 Å². The molecule has 124 valence electrons. The zero-order valence-electron chi connectivity index (χ0n) is 13.5. The number of aromatic nitrogens is 3. The Kier molecular flexibility index (Phi) is 4.53. The fraction of sp³-hybridized carbons (Fsp3) is 0.278. The Labute approximate surface area is 144 Å². The van der Waals surface area contributed by atoms with Crippen LogP contribution in [0, 0.1) is 6.92 Å². The number of halogens is 1. The molecule has 1 unspecified atom stereocenters. The van der Waals surface area contributed by atoms with Crippen LogP contribution in [0.25, 0.3) is 11.0 Å². The minimum absolute atomic E-state index is 0.0105. The third-order valence-corrected chi connectivity index (χ3v) is 4.62. The molecule has 0 bridgehead atoms. The first-order valence-corrected chi connectivity index (χ1v) is 8.19. The minimum atomic E-state index is -0.841. The molecule has 0 fully saturated rings. The van der Waals surface area contributed by atoms with Crippen LogP contribution in [0.1, 0.15) is 34.6 Å². The highest BCUT2D eigenvalue weighted by molar-refractivity contribution is 6.17. The van der Waals surface area contributed by atoms with E-state index in [0.717, 1.165) is 33.3 Å². The lowest BCUT2D eigenvalue weighted by molar-refractivity contribution is -0.137. The Morgan fingerprint density at radius 3 is 2.67 bits per heavy atom. The highest BCUT2D eigenvalue weighted by Gasteiger charge is 2.20. The first-order chi connectivity index (χ1) is 11.5. The molecule has 0 aliphatic carbocycles. The maximum absolute atomic E-state index is 11.4. The average Bonchev–Trinajstić information content (AvgIpc) is 2.94. The number of aryl methyl sites for hydroxylation is 2. The number of rotatable bonds is 5. The van der Waals surface area contributed by atoms with Gasteiger partial charge in [0.15, 0.2) is 0 Å². The first-order valence-electron chi connectivity index (χ1n) is 7.66. The number of nitrogens with zero attached hydrogens (tertiary/aromatic N) is 3. The highest BCUT2D eigenvalue weighted by atomic mass is 35.5. The standard InChI is InChI=1S/C18H18ClN3O2/c1-11-3-4-12(7-14(11)10-19)15(9-18(23)24)13-5-6-17-16(8-13)20-21-22(17)2/h3-8,15H,9-10H2,1-2H3,(H,23,24). The fourth-order valence-electron chi connectivity index (χ4n) is 2.93. The molecule has 24 heavy (non-hydrogen) atoms. The third-order valence-electron chi connectivity index (χ3n) is 4.34. The normalized spacial score (nSPS) is 12.5. The van der Waals surface area contributed by atoms with E-state index < -0.39 is 5.97 Å². The van der Waals surface area contributed by atoms with Crippen LogP contribution in [0.3, 0.4) is 0 Å². The summed E-state index contributed by atoms with van der Waals surface area (Å²) in [6.45, 7) is 2.00. The first kappa shape index (κ1) is 16.5. The summed E-state index contributed by atoms with van der Waals surface area (Å²) >= 11 is 6.00. The summed E-state index contributed by atoms with van der Waals surface area (Å²) in [5, 5.41) is 17.5. The van der Waals surface area contributed by atoms with Gasteiger partial charge in [0.25, 0.3) is 0 Å². The van der Waals surface area contributed by atoms with Crippen LogP contribution in [0.5, 0.6) is 0 Å². The number of alkyl halides is 1. The monoisotopic (exact) mass is 343 g/mol. The van der Waals surface area contributed by atoms with Gasteiger partial charge in [-0.3, -0.25) is 4.79 Å². The van der Waals surface area contributed by atoms with E-state index in [1.165, 1.54) is 0 Å². The number of aliphatic carboxylic acids is 1. The van der Waals surface area contributed by atoms with Gasteiger partial charge < -0.3 is 5.11 Å². The van der Waals surface area contributed by atoms with E-state index in [9.17, 15) is 9.90 Å². The van der Waals surface area contributed by atoms with Gasteiger partial charge >= 0.3 is 5.97 Å². The van der Waals surface area contributed by atoms with Crippen molar-refractivity contribution in [1.29, 1.82) is 0 Å². The van der Waals surface area contributed by atoms with Crippen LogP contribution in [0.4, 0.5) is 0 Å². The molecule has 0 saturated carbocycles. The Morgan fingerprint density at radius 2 is 1.96 bits per heavy atom. The number of fused-ring (bicyclic) bond motifs is 1. The summed E-state index contributed by atoms with van der Waals surface area (Å²) in [6, 6.07) is 11.7. The van der Waals surface area contributed by atoms with Gasteiger partial charge in [0, 0.05) is 18.8 Å². The van der Waals surface area contributed by atoms with Gasteiger partial charge in [-0.15, -0.1) is 16.7 Å². The molecule has 1 atom stereocenters. The lowest BCUT2D eigenvalue weighted by atomic mass is 9.87. The topological polar surface area (TPSA) is 68.0 Å². The number of benzene rings is 2. The van der Waals surface area contributed by atoms with Gasteiger partial charge in [-0.05, 0) is 41.3 Å². The molecule has 5 nitrogen and oxygen atoms in total.